The van der Waals surface area contributed by atoms with Crippen molar-refractivity contribution in [2.75, 3.05) is 39.3 Å². The molecule has 0 bridgehead atoms. The minimum Gasteiger partial charge on any atom is -0.347 e. The second-order valence-corrected chi connectivity index (χ2v) is 9.27. The molecule has 1 saturated heterocycles. The van der Waals surface area contributed by atoms with E-state index in [0.29, 0.717) is 19.6 Å². The smallest absolute Gasteiger partial charge is 0.312 e. The van der Waals surface area contributed by atoms with Gasteiger partial charge in [0.25, 0.3) is 0 Å². The van der Waals surface area contributed by atoms with Crippen molar-refractivity contribution < 1.29 is 9.59 Å². The molecule has 5 heteroatoms. The largest absolute Gasteiger partial charge is 0.347 e. The van der Waals surface area contributed by atoms with E-state index in [1.54, 1.807) is 4.90 Å². The van der Waals surface area contributed by atoms with E-state index in [1.807, 2.05) is 18.2 Å². The molecule has 0 saturated carbocycles. The van der Waals surface area contributed by atoms with E-state index < -0.39 is 11.8 Å². The van der Waals surface area contributed by atoms with E-state index in [4.69, 9.17) is 0 Å². The molecule has 2 amide bonds. The minimum atomic E-state index is -0.503. The molecule has 2 aliphatic rings. The molecule has 2 aliphatic heterocycles. The van der Waals surface area contributed by atoms with Crippen LogP contribution in [0.2, 0.25) is 0 Å². The molecule has 30 heavy (non-hydrogen) atoms. The maximum atomic E-state index is 12.7. The molecule has 0 aromatic heterocycles. The molecule has 5 nitrogen and oxygen atoms in total. The Morgan fingerprint density at radius 2 is 1.77 bits per heavy atom. The molecular weight excluding hydrogens is 374 g/mol. The number of hydrogen-bond acceptors (Lipinski definition) is 3. The lowest BCUT2D eigenvalue weighted by Gasteiger charge is -2.30. The molecule has 0 atom stereocenters. The van der Waals surface area contributed by atoms with Crippen LogP contribution in [0.15, 0.2) is 48.5 Å². The number of likely N-dealkylation sites (tertiary alicyclic amines) is 1. The molecule has 0 aliphatic carbocycles. The van der Waals surface area contributed by atoms with Gasteiger partial charge in [-0.15, -0.1) is 0 Å². The van der Waals surface area contributed by atoms with Crippen molar-refractivity contribution in [3.8, 4) is 0 Å². The van der Waals surface area contributed by atoms with Gasteiger partial charge in [0.15, 0.2) is 0 Å². The number of amides is 2. The van der Waals surface area contributed by atoms with Crippen LogP contribution >= 0.6 is 0 Å². The lowest BCUT2D eigenvalue weighted by molar-refractivity contribution is -0.145. The number of rotatable bonds is 5. The van der Waals surface area contributed by atoms with Gasteiger partial charge in [-0.1, -0.05) is 62.4 Å². The van der Waals surface area contributed by atoms with Crippen LogP contribution in [0.5, 0.6) is 0 Å². The Morgan fingerprint density at radius 3 is 2.57 bits per heavy atom. The van der Waals surface area contributed by atoms with Gasteiger partial charge in [0.1, 0.15) is 0 Å². The van der Waals surface area contributed by atoms with E-state index in [2.05, 4.69) is 54.4 Å². The standard InChI is InChI=1S/C25H31N3O2/c1-25(2,18-27-13-5-6-14-27)17-26-23(29)24(30)28-15-12-20(16-28)22-11-7-9-19-8-3-4-10-21(19)22/h3-4,7-12H,5-6,13-18H2,1-2H3,(H,26,29). The Hall–Kier alpha value is -2.66. The second-order valence-electron chi connectivity index (χ2n) is 9.27. The maximum absolute atomic E-state index is 12.7. The van der Waals surface area contributed by atoms with Crippen LogP contribution in [0.1, 0.15) is 32.3 Å². The summed E-state index contributed by atoms with van der Waals surface area (Å²) in [5, 5.41) is 5.23. The first-order valence-corrected chi connectivity index (χ1v) is 10.9. The predicted octanol–water partition coefficient (Wildman–Crippen LogP) is 3.30. The summed E-state index contributed by atoms with van der Waals surface area (Å²) in [5.41, 5.74) is 2.18. The van der Waals surface area contributed by atoms with E-state index in [-0.39, 0.29) is 5.41 Å². The summed E-state index contributed by atoms with van der Waals surface area (Å²) in [6, 6.07) is 14.5. The number of nitrogens with zero attached hydrogens (tertiary/aromatic N) is 2. The first-order valence-electron chi connectivity index (χ1n) is 10.9. The van der Waals surface area contributed by atoms with Gasteiger partial charge in [0, 0.05) is 26.2 Å². The van der Waals surface area contributed by atoms with Crippen LogP contribution in [0.3, 0.4) is 0 Å². The average molecular weight is 406 g/mol. The van der Waals surface area contributed by atoms with Crippen LogP contribution in [-0.2, 0) is 9.59 Å². The van der Waals surface area contributed by atoms with Crippen LogP contribution in [-0.4, -0.2) is 60.9 Å². The predicted molar refractivity (Wildman–Crippen MR) is 121 cm³/mol. The topological polar surface area (TPSA) is 52.7 Å². The fourth-order valence-corrected chi connectivity index (χ4v) is 4.55. The third kappa shape index (κ3) is 4.57. The normalized spacial score (nSPS) is 17.4. The summed E-state index contributed by atoms with van der Waals surface area (Å²) in [4.78, 5) is 29.3. The number of benzene rings is 2. The molecule has 1 fully saturated rings. The molecule has 0 spiro atoms. The molecule has 0 radical (unpaired) electrons. The van der Waals surface area contributed by atoms with Crippen molar-refractivity contribution in [1.82, 2.24) is 15.1 Å². The molecule has 158 valence electrons. The monoisotopic (exact) mass is 405 g/mol. The first kappa shape index (κ1) is 20.6. The highest BCUT2D eigenvalue weighted by Gasteiger charge is 2.29. The fraction of sp³-hybridized carbons (Fsp3) is 0.440. The first-order chi connectivity index (χ1) is 14.4. The van der Waals surface area contributed by atoms with Gasteiger partial charge in [-0.25, -0.2) is 0 Å². The molecule has 2 aromatic rings. The van der Waals surface area contributed by atoms with Crippen molar-refractivity contribution in [3.63, 3.8) is 0 Å². The third-order valence-corrected chi connectivity index (χ3v) is 6.11. The van der Waals surface area contributed by atoms with Crippen LogP contribution in [0, 0.1) is 5.41 Å². The molecule has 2 aromatic carbocycles. The van der Waals surface area contributed by atoms with Crippen molar-refractivity contribution in [2.24, 2.45) is 5.41 Å². The van der Waals surface area contributed by atoms with Gasteiger partial charge in [0.05, 0.1) is 0 Å². The van der Waals surface area contributed by atoms with E-state index in [0.717, 1.165) is 30.8 Å². The van der Waals surface area contributed by atoms with Gasteiger partial charge in [-0.3, -0.25) is 9.59 Å². The van der Waals surface area contributed by atoms with Gasteiger partial charge in [-0.05, 0) is 53.3 Å². The second kappa shape index (κ2) is 8.60. The third-order valence-electron chi connectivity index (χ3n) is 6.11. The number of carbonyl (C=O) groups excluding carboxylic acids is 2. The van der Waals surface area contributed by atoms with E-state index >= 15 is 0 Å². The summed E-state index contributed by atoms with van der Waals surface area (Å²) in [6.07, 6.45) is 4.56. The van der Waals surface area contributed by atoms with E-state index in [1.165, 1.54) is 23.6 Å². The van der Waals surface area contributed by atoms with Gasteiger partial charge in [-0.2, -0.15) is 0 Å². The summed E-state index contributed by atoms with van der Waals surface area (Å²) in [7, 11) is 0. The van der Waals surface area contributed by atoms with Crippen molar-refractivity contribution in [2.45, 2.75) is 26.7 Å². The Labute approximate surface area is 178 Å². The zero-order valence-corrected chi connectivity index (χ0v) is 18.0. The Bertz CT molecular complexity index is 968. The number of nitrogens with one attached hydrogen (secondary N) is 1. The molecule has 4 rings (SSSR count). The molecule has 0 unspecified atom stereocenters. The summed E-state index contributed by atoms with van der Waals surface area (Å²) < 4.78 is 0. The Morgan fingerprint density at radius 1 is 1.03 bits per heavy atom. The Balaban J connectivity index is 1.34. The quantitative estimate of drug-likeness (QED) is 0.777. The van der Waals surface area contributed by atoms with E-state index in [9.17, 15) is 9.59 Å². The maximum Gasteiger partial charge on any atom is 0.312 e. The number of hydrogen-bond donors (Lipinski definition) is 1. The lowest BCUT2D eigenvalue weighted by atomic mass is 9.92. The van der Waals surface area contributed by atoms with Crippen LogP contribution in [0.25, 0.3) is 16.3 Å². The summed E-state index contributed by atoms with van der Waals surface area (Å²) >= 11 is 0. The fourth-order valence-electron chi connectivity index (χ4n) is 4.55. The summed E-state index contributed by atoms with van der Waals surface area (Å²) in [5.74, 6) is -0.949. The minimum absolute atomic E-state index is 0.0579. The SMILES string of the molecule is CC(C)(CNC(=O)C(=O)N1CC=C(c2cccc3ccccc23)C1)CN1CCCC1. The zero-order valence-electron chi connectivity index (χ0n) is 18.0. The molecular formula is C25H31N3O2. The van der Waals surface area contributed by atoms with Gasteiger partial charge in [0.2, 0.25) is 0 Å². The van der Waals surface area contributed by atoms with Crippen molar-refractivity contribution in [1.29, 1.82) is 0 Å². The van der Waals surface area contributed by atoms with Crippen molar-refractivity contribution in [3.05, 3.63) is 54.1 Å². The van der Waals surface area contributed by atoms with Crippen molar-refractivity contribution >= 4 is 28.2 Å². The number of fused-ring (bicyclic) bond motifs is 1. The van der Waals surface area contributed by atoms with Crippen LogP contribution in [0.4, 0.5) is 0 Å². The molecule has 1 N–H and O–H groups in total. The summed E-state index contributed by atoms with van der Waals surface area (Å²) in [6.45, 7) is 8.94. The Kier molecular flexibility index (Phi) is 5.91. The van der Waals surface area contributed by atoms with Gasteiger partial charge < -0.3 is 15.1 Å². The highest BCUT2D eigenvalue weighted by atomic mass is 16.2. The highest BCUT2D eigenvalue weighted by Crippen LogP contribution is 2.28. The lowest BCUT2D eigenvalue weighted by Crippen LogP contribution is -2.47. The average Bonchev–Trinajstić information content (AvgIpc) is 3.43. The van der Waals surface area contributed by atoms with Gasteiger partial charge >= 0.3 is 11.8 Å². The number of carbonyl (C=O) groups is 2. The van der Waals surface area contributed by atoms with Crippen LogP contribution < -0.4 is 5.32 Å². The highest BCUT2D eigenvalue weighted by molar-refractivity contribution is 6.35. The zero-order chi connectivity index (χ0) is 21.1. The molecule has 2 heterocycles.